The van der Waals surface area contributed by atoms with Crippen LogP contribution in [-0.2, 0) is 6.54 Å². The van der Waals surface area contributed by atoms with E-state index in [0.29, 0.717) is 32.5 Å². The van der Waals surface area contributed by atoms with Crippen LogP contribution in [0.3, 0.4) is 0 Å². The Labute approximate surface area is 126 Å². The van der Waals surface area contributed by atoms with Crippen LogP contribution in [0.25, 0.3) is 5.65 Å². The second-order valence-corrected chi connectivity index (χ2v) is 5.78. The van der Waals surface area contributed by atoms with E-state index in [9.17, 15) is 18.3 Å². The van der Waals surface area contributed by atoms with Crippen molar-refractivity contribution < 1.29 is 18.3 Å². The zero-order valence-corrected chi connectivity index (χ0v) is 12.0. The van der Waals surface area contributed by atoms with Gasteiger partial charge in [0.05, 0.1) is 11.9 Å². The van der Waals surface area contributed by atoms with E-state index in [2.05, 4.69) is 9.88 Å². The Morgan fingerprint density at radius 3 is 2.68 bits per heavy atom. The van der Waals surface area contributed by atoms with Crippen molar-refractivity contribution in [1.29, 1.82) is 0 Å². The van der Waals surface area contributed by atoms with Crippen LogP contribution in [-0.4, -0.2) is 44.8 Å². The molecule has 4 nitrogen and oxygen atoms in total. The van der Waals surface area contributed by atoms with Crippen LogP contribution in [0, 0.1) is 5.92 Å². The van der Waals surface area contributed by atoms with Crippen LogP contribution < -0.4 is 0 Å². The van der Waals surface area contributed by atoms with Crippen LogP contribution >= 0.6 is 0 Å². The van der Waals surface area contributed by atoms with Gasteiger partial charge < -0.3 is 9.51 Å². The molecule has 1 aliphatic rings. The Morgan fingerprint density at radius 1 is 1.27 bits per heavy atom. The first-order chi connectivity index (χ1) is 10.4. The smallest absolute Gasteiger partial charge is 0.383 e. The predicted octanol–water partition coefficient (Wildman–Crippen LogP) is 2.47. The molecule has 3 rings (SSSR count). The Bertz CT molecular complexity index is 632. The molecule has 1 saturated heterocycles. The highest BCUT2D eigenvalue weighted by Crippen LogP contribution is 2.31. The van der Waals surface area contributed by atoms with Crippen LogP contribution in [0.1, 0.15) is 18.5 Å². The highest BCUT2D eigenvalue weighted by atomic mass is 19.4. The molecular formula is C15H18F3N3O. The minimum atomic E-state index is -4.52. The number of nitrogens with zero attached hydrogens (tertiary/aromatic N) is 3. The third kappa shape index (κ3) is 3.10. The lowest BCUT2D eigenvalue weighted by Crippen LogP contribution is -2.43. The number of imidazole rings is 1. The lowest BCUT2D eigenvalue weighted by molar-refractivity contribution is -0.223. The maximum atomic E-state index is 12.5. The normalized spacial score (nSPS) is 19.6. The fourth-order valence-electron chi connectivity index (χ4n) is 3.03. The number of hydrogen-bond acceptors (Lipinski definition) is 3. The SMILES string of the molecule is OC(C1CCN(Cc2cnc3ccccn23)CC1)C(F)(F)F. The number of piperidine rings is 1. The summed E-state index contributed by atoms with van der Waals surface area (Å²) in [7, 11) is 0. The number of hydrogen-bond donors (Lipinski definition) is 1. The van der Waals surface area contributed by atoms with Gasteiger partial charge in [0.25, 0.3) is 0 Å². The third-order valence-corrected chi connectivity index (χ3v) is 4.29. The van der Waals surface area contributed by atoms with E-state index >= 15 is 0 Å². The Balaban J connectivity index is 1.60. The molecule has 1 unspecified atom stereocenters. The molecule has 0 amide bonds. The number of aliphatic hydroxyl groups excluding tert-OH is 1. The molecule has 1 atom stereocenters. The Morgan fingerprint density at radius 2 is 2.00 bits per heavy atom. The second-order valence-electron chi connectivity index (χ2n) is 5.78. The quantitative estimate of drug-likeness (QED) is 0.946. The van der Waals surface area contributed by atoms with E-state index in [-0.39, 0.29) is 0 Å². The predicted molar refractivity (Wildman–Crippen MR) is 75.3 cm³/mol. The number of likely N-dealkylation sites (tertiary alicyclic amines) is 1. The number of halogens is 3. The van der Waals surface area contributed by atoms with Gasteiger partial charge in [-0.25, -0.2) is 4.98 Å². The molecular weight excluding hydrogens is 295 g/mol. The van der Waals surface area contributed by atoms with E-state index < -0.39 is 18.2 Å². The highest BCUT2D eigenvalue weighted by molar-refractivity contribution is 5.39. The van der Waals surface area contributed by atoms with Gasteiger partial charge >= 0.3 is 6.18 Å². The van der Waals surface area contributed by atoms with E-state index in [0.717, 1.165) is 11.3 Å². The number of rotatable bonds is 3. The third-order valence-electron chi connectivity index (χ3n) is 4.29. The average molecular weight is 313 g/mol. The monoisotopic (exact) mass is 313 g/mol. The molecule has 0 bridgehead atoms. The maximum Gasteiger partial charge on any atom is 0.414 e. The zero-order valence-electron chi connectivity index (χ0n) is 12.0. The number of fused-ring (bicyclic) bond motifs is 1. The molecule has 0 aliphatic carbocycles. The molecule has 0 spiro atoms. The summed E-state index contributed by atoms with van der Waals surface area (Å²) < 4.78 is 39.6. The van der Waals surface area contributed by atoms with Crippen molar-refractivity contribution in [2.45, 2.75) is 31.7 Å². The van der Waals surface area contributed by atoms with Crippen molar-refractivity contribution in [2.75, 3.05) is 13.1 Å². The number of aliphatic hydroxyl groups is 1. The molecule has 2 aromatic heterocycles. The Kier molecular flexibility index (Phi) is 4.10. The van der Waals surface area contributed by atoms with Crippen molar-refractivity contribution in [3.8, 4) is 0 Å². The molecule has 1 N–H and O–H groups in total. The molecule has 22 heavy (non-hydrogen) atoms. The summed E-state index contributed by atoms with van der Waals surface area (Å²) in [5.41, 5.74) is 1.88. The molecule has 0 aromatic carbocycles. The van der Waals surface area contributed by atoms with Crippen molar-refractivity contribution in [2.24, 2.45) is 5.92 Å². The number of aromatic nitrogens is 2. The molecule has 120 valence electrons. The van der Waals surface area contributed by atoms with Crippen LogP contribution in [0.5, 0.6) is 0 Å². The molecule has 0 radical (unpaired) electrons. The van der Waals surface area contributed by atoms with Crippen LogP contribution in [0.4, 0.5) is 13.2 Å². The van der Waals surface area contributed by atoms with Crippen LogP contribution in [0.15, 0.2) is 30.6 Å². The lowest BCUT2D eigenvalue weighted by Gasteiger charge is -2.34. The molecule has 1 fully saturated rings. The zero-order chi connectivity index (χ0) is 15.7. The summed E-state index contributed by atoms with van der Waals surface area (Å²) in [5, 5.41) is 9.34. The lowest BCUT2D eigenvalue weighted by atomic mass is 9.91. The minimum absolute atomic E-state index is 0.359. The van der Waals surface area contributed by atoms with E-state index in [1.165, 1.54) is 0 Å². The second kappa shape index (κ2) is 5.89. The summed E-state index contributed by atoms with van der Waals surface area (Å²) in [6.07, 6.45) is -2.28. The number of pyridine rings is 1. The van der Waals surface area contributed by atoms with Gasteiger partial charge in [-0.1, -0.05) is 6.07 Å². The van der Waals surface area contributed by atoms with Gasteiger partial charge in [-0.15, -0.1) is 0 Å². The molecule has 3 heterocycles. The fraction of sp³-hybridized carbons (Fsp3) is 0.533. The van der Waals surface area contributed by atoms with Crippen molar-refractivity contribution >= 4 is 5.65 Å². The summed E-state index contributed by atoms with van der Waals surface area (Å²) in [5.74, 6) is -0.696. The maximum absolute atomic E-state index is 12.5. The topological polar surface area (TPSA) is 40.8 Å². The number of alkyl halides is 3. The van der Waals surface area contributed by atoms with Crippen molar-refractivity contribution in [3.05, 3.63) is 36.3 Å². The summed E-state index contributed by atoms with van der Waals surface area (Å²) in [4.78, 5) is 6.41. The van der Waals surface area contributed by atoms with Gasteiger partial charge in [-0.2, -0.15) is 13.2 Å². The van der Waals surface area contributed by atoms with E-state index in [1.54, 1.807) is 6.20 Å². The van der Waals surface area contributed by atoms with Gasteiger partial charge in [-0.05, 0) is 44.0 Å². The fourth-order valence-corrected chi connectivity index (χ4v) is 3.03. The van der Waals surface area contributed by atoms with E-state index in [4.69, 9.17) is 0 Å². The first-order valence-electron chi connectivity index (χ1n) is 7.33. The first kappa shape index (κ1) is 15.3. The van der Waals surface area contributed by atoms with Crippen molar-refractivity contribution in [1.82, 2.24) is 14.3 Å². The van der Waals surface area contributed by atoms with Crippen LogP contribution in [0.2, 0.25) is 0 Å². The largest absolute Gasteiger partial charge is 0.414 e. The van der Waals surface area contributed by atoms with Gasteiger partial charge in [0.15, 0.2) is 6.10 Å². The molecule has 0 saturated carbocycles. The molecule has 1 aliphatic heterocycles. The van der Waals surface area contributed by atoms with Gasteiger partial charge in [0, 0.05) is 12.7 Å². The van der Waals surface area contributed by atoms with Gasteiger partial charge in [0.2, 0.25) is 0 Å². The highest BCUT2D eigenvalue weighted by Gasteiger charge is 2.44. The molecule has 7 heteroatoms. The van der Waals surface area contributed by atoms with E-state index in [1.807, 2.05) is 28.8 Å². The van der Waals surface area contributed by atoms with Crippen molar-refractivity contribution in [3.63, 3.8) is 0 Å². The molecule has 2 aromatic rings. The first-order valence-corrected chi connectivity index (χ1v) is 7.33. The Hall–Kier alpha value is -1.60. The summed E-state index contributed by atoms with van der Waals surface area (Å²) in [6, 6.07) is 5.75. The van der Waals surface area contributed by atoms with Gasteiger partial charge in [-0.3, -0.25) is 4.90 Å². The average Bonchev–Trinajstić information content (AvgIpc) is 2.90. The standard InChI is InChI=1S/C15H18F3N3O/c16-15(17,18)14(22)11-4-7-20(8-5-11)10-12-9-19-13-3-1-2-6-21(12)13/h1-3,6,9,11,14,22H,4-5,7-8,10H2. The summed E-state index contributed by atoms with van der Waals surface area (Å²) in [6.45, 7) is 1.76. The minimum Gasteiger partial charge on any atom is -0.383 e. The van der Waals surface area contributed by atoms with Gasteiger partial charge in [0.1, 0.15) is 5.65 Å². The summed E-state index contributed by atoms with van der Waals surface area (Å²) >= 11 is 0.